The van der Waals surface area contributed by atoms with Gasteiger partial charge in [-0.05, 0) is 48.0 Å². The molecule has 11 heteroatoms. The molecule has 3 aromatic rings. The van der Waals surface area contributed by atoms with Crippen LogP contribution in [-0.2, 0) is 0 Å². The highest BCUT2D eigenvalue weighted by Crippen LogP contribution is 2.26. The Kier molecular flexibility index (Phi) is 5.74. The minimum atomic E-state index is -4.75. The molecule has 0 aliphatic heterocycles. The summed E-state index contributed by atoms with van der Waals surface area (Å²) >= 11 is 6.01. The second kappa shape index (κ2) is 8.23. The lowest BCUT2D eigenvalue weighted by atomic mass is 10.2. The second-order valence-electron chi connectivity index (χ2n) is 5.53. The maximum absolute atomic E-state index is 12.2. The van der Waals surface area contributed by atoms with Crippen molar-refractivity contribution in [3.63, 3.8) is 0 Å². The highest BCUT2D eigenvalue weighted by Gasteiger charge is 2.30. The predicted molar refractivity (Wildman–Crippen MR) is 98.6 cm³/mol. The summed E-state index contributed by atoms with van der Waals surface area (Å²) in [4.78, 5) is 14.9. The average Bonchev–Trinajstić information content (AvgIpc) is 3.10. The second-order valence-corrected chi connectivity index (χ2v) is 5.94. The third kappa shape index (κ3) is 5.72. The Labute approximate surface area is 167 Å². The number of rotatable bonds is 5. The van der Waals surface area contributed by atoms with Crippen molar-refractivity contribution >= 4 is 29.8 Å². The number of nitrogens with two attached hydrogens (primary N) is 1. The summed E-state index contributed by atoms with van der Waals surface area (Å²) in [5.41, 5.74) is 6.14. The van der Waals surface area contributed by atoms with E-state index >= 15 is 0 Å². The van der Waals surface area contributed by atoms with Gasteiger partial charge < -0.3 is 15.2 Å². The van der Waals surface area contributed by atoms with Crippen molar-refractivity contribution in [3.05, 3.63) is 65.2 Å². The molecule has 0 radical (unpaired) electrons. The lowest BCUT2D eigenvalue weighted by Crippen LogP contribution is -2.17. The summed E-state index contributed by atoms with van der Waals surface area (Å²) < 4.78 is 46.6. The number of carbonyl (C=O) groups excluding carboxylic acids is 1. The van der Waals surface area contributed by atoms with Gasteiger partial charge in [0.05, 0.1) is 10.7 Å². The van der Waals surface area contributed by atoms with E-state index in [0.717, 1.165) is 0 Å². The Morgan fingerprint density at radius 3 is 2.48 bits per heavy atom. The number of nitrogens with zero attached hydrogens (tertiary/aromatic N) is 3. The lowest BCUT2D eigenvalue weighted by molar-refractivity contribution is -0.274. The van der Waals surface area contributed by atoms with Crippen LogP contribution in [0.15, 0.2) is 48.8 Å². The van der Waals surface area contributed by atoms with Gasteiger partial charge in [-0.1, -0.05) is 23.7 Å². The SMILES string of the molecule is NC(=O)Oc1ccc(C=Cc2ncn(-c3ccc(OC(F)(F)F)cc3)n2)cc1Cl. The van der Waals surface area contributed by atoms with E-state index < -0.39 is 12.5 Å². The molecule has 1 heterocycles. The first-order valence-corrected chi connectivity index (χ1v) is 8.30. The first-order valence-electron chi connectivity index (χ1n) is 7.92. The largest absolute Gasteiger partial charge is 0.573 e. The highest BCUT2D eigenvalue weighted by molar-refractivity contribution is 6.32. The van der Waals surface area contributed by atoms with Crippen LogP contribution in [0, 0.1) is 0 Å². The Hall–Kier alpha value is -3.53. The molecule has 0 atom stereocenters. The third-order valence-corrected chi connectivity index (χ3v) is 3.73. The van der Waals surface area contributed by atoms with E-state index in [1.165, 1.54) is 41.3 Å². The molecule has 0 aliphatic rings. The molecular formula is C18H12ClF3N4O3. The fourth-order valence-corrected chi connectivity index (χ4v) is 2.49. The molecule has 3 rings (SSSR count). The summed E-state index contributed by atoms with van der Waals surface area (Å²) in [5.74, 6) is 0.160. The Bertz CT molecular complexity index is 1050. The van der Waals surface area contributed by atoms with Crippen molar-refractivity contribution in [1.29, 1.82) is 0 Å². The number of ether oxygens (including phenoxy) is 2. The minimum absolute atomic E-state index is 0.136. The number of primary amides is 1. The van der Waals surface area contributed by atoms with Gasteiger partial charge in [0.1, 0.15) is 12.1 Å². The first-order chi connectivity index (χ1) is 13.7. The smallest absolute Gasteiger partial charge is 0.409 e. The Morgan fingerprint density at radius 2 is 1.86 bits per heavy atom. The fraction of sp³-hybridized carbons (Fsp3) is 0.0556. The molecular weight excluding hydrogens is 413 g/mol. The maximum Gasteiger partial charge on any atom is 0.573 e. The molecule has 0 fully saturated rings. The number of hydrogen-bond acceptors (Lipinski definition) is 5. The van der Waals surface area contributed by atoms with Crippen molar-refractivity contribution in [3.8, 4) is 17.2 Å². The number of benzene rings is 2. The average molecular weight is 425 g/mol. The van der Waals surface area contributed by atoms with Crippen molar-refractivity contribution < 1.29 is 27.4 Å². The highest BCUT2D eigenvalue weighted by atomic mass is 35.5. The lowest BCUT2D eigenvalue weighted by Gasteiger charge is -2.09. The molecule has 0 unspecified atom stereocenters. The van der Waals surface area contributed by atoms with Gasteiger partial charge in [-0.15, -0.1) is 18.3 Å². The van der Waals surface area contributed by atoms with Gasteiger partial charge in [0.25, 0.3) is 0 Å². The molecule has 0 aliphatic carbocycles. The van der Waals surface area contributed by atoms with E-state index in [-0.39, 0.29) is 16.5 Å². The Morgan fingerprint density at radius 1 is 1.14 bits per heavy atom. The monoisotopic (exact) mass is 424 g/mol. The first kappa shape index (κ1) is 20.2. The molecule has 0 saturated carbocycles. The van der Waals surface area contributed by atoms with E-state index in [2.05, 4.69) is 14.8 Å². The van der Waals surface area contributed by atoms with Crippen LogP contribution in [0.3, 0.4) is 0 Å². The van der Waals surface area contributed by atoms with E-state index in [4.69, 9.17) is 22.1 Å². The zero-order chi connectivity index (χ0) is 21.0. The summed E-state index contributed by atoms with van der Waals surface area (Å²) in [6.45, 7) is 0. The van der Waals surface area contributed by atoms with Gasteiger partial charge in [-0.3, -0.25) is 0 Å². The summed E-state index contributed by atoms with van der Waals surface area (Å²) in [6, 6.07) is 9.89. The molecule has 1 amide bonds. The molecule has 0 spiro atoms. The molecule has 29 heavy (non-hydrogen) atoms. The third-order valence-electron chi connectivity index (χ3n) is 3.44. The van der Waals surface area contributed by atoms with Crippen LogP contribution in [0.2, 0.25) is 5.02 Å². The van der Waals surface area contributed by atoms with E-state index in [0.29, 0.717) is 17.1 Å². The van der Waals surface area contributed by atoms with Gasteiger partial charge >= 0.3 is 12.5 Å². The van der Waals surface area contributed by atoms with Crippen LogP contribution in [0.5, 0.6) is 11.5 Å². The van der Waals surface area contributed by atoms with Gasteiger partial charge in [-0.25, -0.2) is 14.5 Å². The zero-order valence-electron chi connectivity index (χ0n) is 14.4. The summed E-state index contributed by atoms with van der Waals surface area (Å²) in [5, 5.41) is 4.42. The van der Waals surface area contributed by atoms with Gasteiger partial charge in [0, 0.05) is 0 Å². The number of halogens is 4. The summed E-state index contributed by atoms with van der Waals surface area (Å²) in [6.07, 6.45) is -1.02. The standard InChI is InChI=1S/C18H12ClF3N4O3/c19-14-9-11(1-7-15(14)28-17(23)27)2-8-16-24-10-26(25-16)12-3-5-13(6-4-12)29-18(20,21)22/h1-10H,(H2,23,27). The normalized spacial score (nSPS) is 11.6. The topological polar surface area (TPSA) is 92.3 Å². The quantitative estimate of drug-likeness (QED) is 0.653. The molecule has 1 aromatic heterocycles. The predicted octanol–water partition coefficient (Wildman–Crippen LogP) is 4.45. The van der Waals surface area contributed by atoms with Crippen LogP contribution in [0.4, 0.5) is 18.0 Å². The van der Waals surface area contributed by atoms with Crippen molar-refractivity contribution in [1.82, 2.24) is 14.8 Å². The van der Waals surface area contributed by atoms with Crippen LogP contribution >= 0.6 is 11.6 Å². The molecule has 2 aromatic carbocycles. The number of carbonyl (C=O) groups is 1. The van der Waals surface area contributed by atoms with E-state index in [1.54, 1.807) is 24.3 Å². The van der Waals surface area contributed by atoms with Crippen molar-refractivity contribution in [2.75, 3.05) is 0 Å². The van der Waals surface area contributed by atoms with Gasteiger partial charge in [0.15, 0.2) is 11.6 Å². The molecule has 0 saturated heterocycles. The zero-order valence-corrected chi connectivity index (χ0v) is 15.2. The van der Waals surface area contributed by atoms with Crippen LogP contribution < -0.4 is 15.2 Å². The van der Waals surface area contributed by atoms with Crippen LogP contribution in [-0.4, -0.2) is 27.2 Å². The number of amides is 1. The van der Waals surface area contributed by atoms with Crippen LogP contribution in [0.1, 0.15) is 11.4 Å². The minimum Gasteiger partial charge on any atom is -0.409 e. The van der Waals surface area contributed by atoms with Gasteiger partial charge in [0.2, 0.25) is 0 Å². The molecule has 2 N–H and O–H groups in total. The number of hydrogen-bond donors (Lipinski definition) is 1. The maximum atomic E-state index is 12.2. The van der Waals surface area contributed by atoms with Crippen LogP contribution in [0.25, 0.3) is 17.8 Å². The van der Waals surface area contributed by atoms with E-state index in [1.807, 2.05) is 0 Å². The molecule has 150 valence electrons. The molecule has 7 nitrogen and oxygen atoms in total. The molecule has 0 bridgehead atoms. The van der Waals surface area contributed by atoms with Crippen molar-refractivity contribution in [2.45, 2.75) is 6.36 Å². The fourth-order valence-electron chi connectivity index (χ4n) is 2.26. The van der Waals surface area contributed by atoms with Crippen molar-refractivity contribution in [2.24, 2.45) is 5.73 Å². The Balaban J connectivity index is 1.70. The summed E-state index contributed by atoms with van der Waals surface area (Å²) in [7, 11) is 0. The van der Waals surface area contributed by atoms with E-state index in [9.17, 15) is 18.0 Å². The van der Waals surface area contributed by atoms with Gasteiger partial charge in [-0.2, -0.15) is 0 Å². The number of alkyl halides is 3. The number of aromatic nitrogens is 3.